The Morgan fingerprint density at radius 2 is 2.00 bits per heavy atom. The zero-order chi connectivity index (χ0) is 18.5. The van der Waals surface area contributed by atoms with Crippen LogP contribution in [0.2, 0.25) is 0 Å². The third-order valence-electron chi connectivity index (χ3n) is 4.49. The van der Waals surface area contributed by atoms with Gasteiger partial charge in [-0.25, -0.2) is 9.98 Å². The summed E-state index contributed by atoms with van der Waals surface area (Å²) in [5, 5.41) is 11.1. The van der Waals surface area contributed by atoms with Crippen molar-refractivity contribution >= 4 is 41.0 Å². The predicted molar refractivity (Wildman–Crippen MR) is 121 cm³/mol. The first kappa shape index (κ1) is 21.2. The number of guanidine groups is 1. The lowest BCUT2D eigenvalue weighted by atomic mass is 10.2. The van der Waals surface area contributed by atoms with Crippen molar-refractivity contribution < 1.29 is 0 Å². The van der Waals surface area contributed by atoms with Crippen LogP contribution < -0.4 is 10.6 Å². The van der Waals surface area contributed by atoms with Gasteiger partial charge in [-0.15, -0.1) is 24.0 Å². The molecule has 0 saturated carbocycles. The highest BCUT2D eigenvalue weighted by atomic mass is 127. The van der Waals surface area contributed by atoms with Crippen molar-refractivity contribution in [3.8, 4) is 0 Å². The summed E-state index contributed by atoms with van der Waals surface area (Å²) in [6.45, 7) is 8.37. The van der Waals surface area contributed by atoms with Gasteiger partial charge in [-0.3, -0.25) is 4.68 Å². The van der Waals surface area contributed by atoms with Crippen LogP contribution in [0.25, 0.3) is 11.0 Å². The van der Waals surface area contributed by atoms with Crippen molar-refractivity contribution in [1.82, 2.24) is 30.4 Å². The van der Waals surface area contributed by atoms with Gasteiger partial charge in [-0.05, 0) is 32.9 Å². The number of imidazole rings is 1. The maximum absolute atomic E-state index is 4.70. The molecule has 3 N–H and O–H groups in total. The van der Waals surface area contributed by atoms with Crippen LogP contribution in [0, 0.1) is 13.8 Å². The van der Waals surface area contributed by atoms with Gasteiger partial charge in [-0.2, -0.15) is 5.10 Å². The average molecular weight is 481 g/mol. The van der Waals surface area contributed by atoms with Crippen molar-refractivity contribution in [2.75, 3.05) is 13.1 Å². The van der Waals surface area contributed by atoms with Crippen molar-refractivity contribution in [2.24, 2.45) is 12.0 Å². The summed E-state index contributed by atoms with van der Waals surface area (Å²) in [6, 6.07) is 8.08. The minimum Gasteiger partial charge on any atom is -0.357 e. The molecule has 27 heavy (non-hydrogen) atoms. The van der Waals surface area contributed by atoms with Crippen LogP contribution in [0.1, 0.15) is 29.7 Å². The first-order valence-electron chi connectivity index (χ1n) is 9.03. The minimum atomic E-state index is 0. The molecule has 0 amide bonds. The van der Waals surface area contributed by atoms with Gasteiger partial charge in [0.15, 0.2) is 5.96 Å². The molecule has 0 bridgehead atoms. The van der Waals surface area contributed by atoms with Gasteiger partial charge < -0.3 is 15.6 Å². The highest BCUT2D eigenvalue weighted by Gasteiger charge is 2.09. The summed E-state index contributed by atoms with van der Waals surface area (Å²) >= 11 is 0. The molecular weight excluding hydrogens is 453 g/mol. The Balaban J connectivity index is 0.00000261. The van der Waals surface area contributed by atoms with E-state index in [9.17, 15) is 0 Å². The molecule has 0 aliphatic heterocycles. The molecule has 7 nitrogen and oxygen atoms in total. The average Bonchev–Trinajstić information content (AvgIpc) is 3.13. The third-order valence-corrected chi connectivity index (χ3v) is 4.49. The number of para-hydroxylation sites is 2. The molecule has 8 heteroatoms. The van der Waals surface area contributed by atoms with Crippen LogP contribution in [0.5, 0.6) is 0 Å². The number of aromatic nitrogens is 4. The van der Waals surface area contributed by atoms with Gasteiger partial charge in [0.2, 0.25) is 0 Å². The molecule has 2 aromatic heterocycles. The van der Waals surface area contributed by atoms with E-state index in [2.05, 4.69) is 39.5 Å². The van der Waals surface area contributed by atoms with E-state index in [0.717, 1.165) is 53.7 Å². The number of benzene rings is 1. The Labute approximate surface area is 177 Å². The number of nitrogens with one attached hydrogen (secondary N) is 3. The maximum atomic E-state index is 4.70. The number of nitrogens with zero attached hydrogens (tertiary/aromatic N) is 4. The SMILES string of the molecule is CCNC(=NCc1c(C)nn(C)c1C)NCCc1nc2ccccc2[nH]1.I. The molecule has 0 radical (unpaired) electrons. The Bertz CT molecular complexity index is 877. The topological polar surface area (TPSA) is 82.9 Å². The third kappa shape index (κ3) is 5.21. The van der Waals surface area contributed by atoms with E-state index in [1.807, 2.05) is 42.9 Å². The molecule has 146 valence electrons. The molecule has 0 unspecified atom stereocenters. The lowest BCUT2D eigenvalue weighted by Crippen LogP contribution is -2.38. The van der Waals surface area contributed by atoms with Gasteiger partial charge in [0.05, 0.1) is 23.3 Å². The standard InChI is InChI=1S/C19H27N7.HI/c1-5-20-19(22-12-15-13(2)25-26(4)14(15)3)21-11-10-18-23-16-8-6-7-9-17(16)24-18;/h6-9H,5,10-12H2,1-4H3,(H,23,24)(H2,20,21,22);1H. The van der Waals surface area contributed by atoms with Gasteiger partial charge >= 0.3 is 0 Å². The van der Waals surface area contributed by atoms with Crippen LogP contribution in [0.15, 0.2) is 29.3 Å². The molecule has 2 heterocycles. The number of aliphatic imine (C=N–C) groups is 1. The summed E-state index contributed by atoms with van der Waals surface area (Å²) in [5.41, 5.74) is 5.45. The number of fused-ring (bicyclic) bond motifs is 1. The second kappa shape index (κ2) is 9.72. The fraction of sp³-hybridized carbons (Fsp3) is 0.421. The smallest absolute Gasteiger partial charge is 0.191 e. The minimum absolute atomic E-state index is 0. The van der Waals surface area contributed by atoms with E-state index in [1.54, 1.807) is 0 Å². The highest BCUT2D eigenvalue weighted by molar-refractivity contribution is 14.0. The van der Waals surface area contributed by atoms with Crippen molar-refractivity contribution in [1.29, 1.82) is 0 Å². The van der Waals surface area contributed by atoms with E-state index in [-0.39, 0.29) is 24.0 Å². The molecule has 0 aliphatic rings. The molecule has 0 spiro atoms. The molecule has 0 atom stereocenters. The number of rotatable bonds is 6. The first-order chi connectivity index (χ1) is 12.6. The van der Waals surface area contributed by atoms with Crippen LogP contribution >= 0.6 is 24.0 Å². The van der Waals surface area contributed by atoms with Crippen molar-refractivity contribution in [3.05, 3.63) is 47.0 Å². The van der Waals surface area contributed by atoms with E-state index < -0.39 is 0 Å². The Kier molecular flexibility index (Phi) is 7.64. The van der Waals surface area contributed by atoms with Crippen molar-refractivity contribution in [2.45, 2.75) is 33.7 Å². The zero-order valence-electron chi connectivity index (χ0n) is 16.3. The molecule has 3 aromatic rings. The molecule has 3 rings (SSSR count). The Hall–Kier alpha value is -2.10. The summed E-state index contributed by atoms with van der Waals surface area (Å²) in [6.07, 6.45) is 0.810. The van der Waals surface area contributed by atoms with Crippen LogP contribution in [0.4, 0.5) is 0 Å². The largest absolute Gasteiger partial charge is 0.357 e. The van der Waals surface area contributed by atoms with Gasteiger partial charge in [0.1, 0.15) is 5.82 Å². The Morgan fingerprint density at radius 3 is 2.67 bits per heavy atom. The lowest BCUT2D eigenvalue weighted by Gasteiger charge is -2.10. The van der Waals surface area contributed by atoms with Crippen LogP contribution in [0.3, 0.4) is 0 Å². The van der Waals surface area contributed by atoms with Gasteiger partial charge in [-0.1, -0.05) is 12.1 Å². The van der Waals surface area contributed by atoms with Gasteiger partial charge in [0, 0.05) is 37.8 Å². The number of aryl methyl sites for hydroxylation is 2. The molecule has 0 saturated heterocycles. The summed E-state index contributed by atoms with van der Waals surface area (Å²) in [5.74, 6) is 1.79. The van der Waals surface area contributed by atoms with E-state index >= 15 is 0 Å². The zero-order valence-corrected chi connectivity index (χ0v) is 18.7. The van der Waals surface area contributed by atoms with E-state index in [4.69, 9.17) is 4.99 Å². The fourth-order valence-corrected chi connectivity index (χ4v) is 2.97. The second-order valence-electron chi connectivity index (χ2n) is 6.35. The number of halogens is 1. The maximum Gasteiger partial charge on any atom is 0.191 e. The summed E-state index contributed by atoms with van der Waals surface area (Å²) < 4.78 is 1.90. The number of hydrogen-bond donors (Lipinski definition) is 3. The lowest BCUT2D eigenvalue weighted by molar-refractivity contribution is 0.729. The number of hydrogen-bond acceptors (Lipinski definition) is 3. The molecule has 0 aliphatic carbocycles. The number of aromatic amines is 1. The Morgan fingerprint density at radius 1 is 1.22 bits per heavy atom. The van der Waals surface area contributed by atoms with E-state index in [1.165, 1.54) is 5.56 Å². The van der Waals surface area contributed by atoms with Crippen LogP contribution in [-0.4, -0.2) is 38.8 Å². The monoisotopic (exact) mass is 481 g/mol. The normalized spacial score (nSPS) is 11.5. The summed E-state index contributed by atoms with van der Waals surface area (Å²) in [7, 11) is 1.96. The summed E-state index contributed by atoms with van der Waals surface area (Å²) in [4.78, 5) is 12.7. The van der Waals surface area contributed by atoms with Gasteiger partial charge in [0.25, 0.3) is 0 Å². The number of H-pyrrole nitrogens is 1. The predicted octanol–water partition coefficient (Wildman–Crippen LogP) is 2.83. The van der Waals surface area contributed by atoms with Crippen LogP contribution in [-0.2, 0) is 20.0 Å². The highest BCUT2D eigenvalue weighted by Crippen LogP contribution is 2.13. The molecule has 1 aromatic carbocycles. The molecule has 0 fully saturated rings. The van der Waals surface area contributed by atoms with E-state index in [0.29, 0.717) is 6.54 Å². The quantitative estimate of drug-likeness (QED) is 0.287. The first-order valence-corrected chi connectivity index (χ1v) is 9.03. The second-order valence-corrected chi connectivity index (χ2v) is 6.35. The molecular formula is C19H28IN7. The van der Waals surface area contributed by atoms with Crippen molar-refractivity contribution in [3.63, 3.8) is 0 Å². The fourth-order valence-electron chi connectivity index (χ4n) is 2.97.